The minimum absolute atomic E-state index is 0.115. The van der Waals surface area contributed by atoms with Crippen molar-refractivity contribution in [2.75, 3.05) is 11.9 Å². The fraction of sp³-hybridized carbons (Fsp3) is 0.231. The van der Waals surface area contributed by atoms with Gasteiger partial charge in [-0.25, -0.2) is 4.98 Å². The smallest absolute Gasteiger partial charge is 0.253 e. The molecular formula is C13H14BrN3OS. The van der Waals surface area contributed by atoms with Crippen molar-refractivity contribution >= 4 is 39.0 Å². The molecule has 0 aliphatic carbocycles. The Morgan fingerprint density at radius 3 is 2.84 bits per heavy atom. The molecule has 0 saturated heterocycles. The van der Waals surface area contributed by atoms with E-state index >= 15 is 0 Å². The average Bonchev–Trinajstić information content (AvgIpc) is 2.83. The largest absolute Gasteiger partial charge is 0.370 e. The maximum Gasteiger partial charge on any atom is 0.253 e. The number of halogens is 1. The Hall–Kier alpha value is -1.40. The number of carbonyl (C=O) groups excluding carboxylic acids is 1. The molecule has 19 heavy (non-hydrogen) atoms. The van der Waals surface area contributed by atoms with Crippen LogP contribution in [0.2, 0.25) is 0 Å². The maximum absolute atomic E-state index is 11.9. The van der Waals surface area contributed by atoms with Crippen LogP contribution in [-0.2, 0) is 6.54 Å². The summed E-state index contributed by atoms with van der Waals surface area (Å²) in [6.07, 6.45) is 1.58. The summed E-state index contributed by atoms with van der Waals surface area (Å²) in [6.45, 7) is 3.33. The lowest BCUT2D eigenvalue weighted by Gasteiger charge is -2.05. The molecule has 100 valence electrons. The molecule has 0 atom stereocenters. The molecule has 2 aromatic rings. The molecule has 6 heteroatoms. The zero-order valence-electron chi connectivity index (χ0n) is 10.4. The van der Waals surface area contributed by atoms with E-state index in [2.05, 4.69) is 31.5 Å². The Balaban J connectivity index is 1.94. The Labute approximate surface area is 124 Å². The molecule has 0 saturated carbocycles. The molecule has 1 amide bonds. The topological polar surface area (TPSA) is 54.0 Å². The van der Waals surface area contributed by atoms with Gasteiger partial charge in [-0.05, 0) is 46.4 Å². The highest BCUT2D eigenvalue weighted by molar-refractivity contribution is 9.10. The third-order valence-corrected chi connectivity index (χ3v) is 4.41. The van der Waals surface area contributed by atoms with Gasteiger partial charge in [0.25, 0.3) is 5.91 Å². The zero-order chi connectivity index (χ0) is 13.7. The van der Waals surface area contributed by atoms with Crippen LogP contribution in [0, 0.1) is 0 Å². The van der Waals surface area contributed by atoms with Crippen molar-refractivity contribution < 1.29 is 4.79 Å². The van der Waals surface area contributed by atoms with E-state index in [1.165, 1.54) is 0 Å². The highest BCUT2D eigenvalue weighted by Crippen LogP contribution is 2.22. The minimum atomic E-state index is -0.115. The lowest BCUT2D eigenvalue weighted by atomic mass is 10.2. The van der Waals surface area contributed by atoms with Crippen LogP contribution >= 0.6 is 27.3 Å². The first-order valence-electron chi connectivity index (χ1n) is 5.90. The summed E-state index contributed by atoms with van der Waals surface area (Å²) in [4.78, 5) is 17.2. The summed E-state index contributed by atoms with van der Waals surface area (Å²) in [6, 6.07) is 5.54. The van der Waals surface area contributed by atoms with Gasteiger partial charge in [0.15, 0.2) is 0 Å². The van der Waals surface area contributed by atoms with Crippen LogP contribution in [0.3, 0.4) is 0 Å². The zero-order valence-corrected chi connectivity index (χ0v) is 12.8. The molecule has 2 rings (SSSR count). The number of aromatic nitrogens is 1. The van der Waals surface area contributed by atoms with Gasteiger partial charge in [-0.15, -0.1) is 11.3 Å². The van der Waals surface area contributed by atoms with Gasteiger partial charge in [-0.1, -0.05) is 0 Å². The second-order valence-corrected chi connectivity index (χ2v) is 5.69. The Morgan fingerprint density at radius 2 is 2.26 bits per heavy atom. The summed E-state index contributed by atoms with van der Waals surface area (Å²) in [7, 11) is 0. The number of rotatable bonds is 5. The number of hydrogen-bond acceptors (Lipinski definition) is 4. The molecule has 0 aromatic carbocycles. The molecule has 0 radical (unpaired) electrons. The first kappa shape index (κ1) is 14.0. The van der Waals surface area contributed by atoms with Crippen LogP contribution < -0.4 is 10.6 Å². The number of thiophene rings is 1. The number of nitrogens with zero attached hydrogens (tertiary/aromatic N) is 1. The van der Waals surface area contributed by atoms with E-state index in [4.69, 9.17) is 0 Å². The first-order valence-corrected chi connectivity index (χ1v) is 7.58. The van der Waals surface area contributed by atoms with E-state index in [-0.39, 0.29) is 5.91 Å². The molecule has 0 bridgehead atoms. The molecule has 0 fully saturated rings. The van der Waals surface area contributed by atoms with Gasteiger partial charge >= 0.3 is 0 Å². The van der Waals surface area contributed by atoms with Crippen LogP contribution in [-0.4, -0.2) is 17.4 Å². The van der Waals surface area contributed by atoms with Crippen molar-refractivity contribution in [2.24, 2.45) is 0 Å². The van der Waals surface area contributed by atoms with Crippen LogP contribution in [0.5, 0.6) is 0 Å². The van der Waals surface area contributed by atoms with E-state index in [0.717, 1.165) is 21.7 Å². The standard InChI is InChI=1S/C13H14BrN3OS/c1-2-15-12-4-3-9(7-16-12)13(18)17-8-11-10(14)5-6-19-11/h3-7H,2,8H2,1H3,(H,15,16)(H,17,18). The number of carbonyl (C=O) groups is 1. The lowest BCUT2D eigenvalue weighted by Crippen LogP contribution is -2.22. The number of pyridine rings is 1. The van der Waals surface area contributed by atoms with Gasteiger partial charge in [0.05, 0.1) is 12.1 Å². The summed E-state index contributed by atoms with van der Waals surface area (Å²) >= 11 is 5.05. The van der Waals surface area contributed by atoms with E-state index in [0.29, 0.717) is 12.1 Å². The summed E-state index contributed by atoms with van der Waals surface area (Å²) in [5, 5.41) is 7.95. The third kappa shape index (κ3) is 3.78. The van der Waals surface area contributed by atoms with Gasteiger partial charge < -0.3 is 10.6 Å². The van der Waals surface area contributed by atoms with Crippen LogP contribution in [0.4, 0.5) is 5.82 Å². The quantitative estimate of drug-likeness (QED) is 0.878. The number of amides is 1. The van der Waals surface area contributed by atoms with Crippen molar-refractivity contribution in [3.8, 4) is 0 Å². The fourth-order valence-electron chi connectivity index (χ4n) is 1.53. The monoisotopic (exact) mass is 339 g/mol. The predicted molar refractivity (Wildman–Crippen MR) is 81.6 cm³/mol. The molecule has 0 unspecified atom stereocenters. The number of anilines is 1. The van der Waals surface area contributed by atoms with E-state index in [9.17, 15) is 4.79 Å². The summed E-state index contributed by atoms with van der Waals surface area (Å²) in [5.74, 6) is 0.663. The lowest BCUT2D eigenvalue weighted by molar-refractivity contribution is 0.0951. The molecular weight excluding hydrogens is 326 g/mol. The highest BCUT2D eigenvalue weighted by Gasteiger charge is 2.07. The molecule has 0 aliphatic rings. The molecule has 2 heterocycles. The van der Waals surface area contributed by atoms with Gasteiger partial charge in [-0.3, -0.25) is 4.79 Å². The minimum Gasteiger partial charge on any atom is -0.370 e. The van der Waals surface area contributed by atoms with Gasteiger partial charge in [0.1, 0.15) is 5.82 Å². The molecule has 0 spiro atoms. The first-order chi connectivity index (χ1) is 9.20. The second kappa shape index (κ2) is 6.68. The van der Waals surface area contributed by atoms with Crippen molar-refractivity contribution in [2.45, 2.75) is 13.5 Å². The third-order valence-electron chi connectivity index (χ3n) is 2.48. The van der Waals surface area contributed by atoms with Crippen LogP contribution in [0.25, 0.3) is 0 Å². The fourth-order valence-corrected chi connectivity index (χ4v) is 2.96. The van der Waals surface area contributed by atoms with Crippen molar-refractivity contribution in [1.82, 2.24) is 10.3 Å². The predicted octanol–water partition coefficient (Wildman–Crippen LogP) is 3.27. The Bertz CT molecular complexity index is 553. The molecule has 2 aromatic heterocycles. The molecule has 2 N–H and O–H groups in total. The average molecular weight is 340 g/mol. The molecule has 4 nitrogen and oxygen atoms in total. The maximum atomic E-state index is 11.9. The van der Waals surface area contributed by atoms with Crippen molar-refractivity contribution in [3.05, 3.63) is 44.7 Å². The van der Waals surface area contributed by atoms with Crippen molar-refractivity contribution in [3.63, 3.8) is 0 Å². The SMILES string of the molecule is CCNc1ccc(C(=O)NCc2sccc2Br)cn1. The highest BCUT2D eigenvalue weighted by atomic mass is 79.9. The van der Waals surface area contributed by atoms with E-state index in [1.807, 2.05) is 18.4 Å². The van der Waals surface area contributed by atoms with Crippen LogP contribution in [0.1, 0.15) is 22.2 Å². The van der Waals surface area contributed by atoms with Gasteiger partial charge in [0.2, 0.25) is 0 Å². The molecule has 0 aliphatic heterocycles. The van der Waals surface area contributed by atoms with Crippen LogP contribution in [0.15, 0.2) is 34.2 Å². The number of hydrogen-bond donors (Lipinski definition) is 2. The Kier molecular flexibility index (Phi) is 4.93. The normalized spacial score (nSPS) is 10.2. The van der Waals surface area contributed by atoms with E-state index in [1.54, 1.807) is 29.7 Å². The number of nitrogens with one attached hydrogen (secondary N) is 2. The van der Waals surface area contributed by atoms with Crippen molar-refractivity contribution in [1.29, 1.82) is 0 Å². The van der Waals surface area contributed by atoms with Gasteiger partial charge in [0, 0.05) is 22.1 Å². The second-order valence-electron chi connectivity index (χ2n) is 3.84. The Morgan fingerprint density at radius 1 is 1.42 bits per heavy atom. The van der Waals surface area contributed by atoms with Gasteiger partial charge in [-0.2, -0.15) is 0 Å². The summed E-state index contributed by atoms with van der Waals surface area (Å²) < 4.78 is 1.03. The van der Waals surface area contributed by atoms with E-state index < -0.39 is 0 Å². The summed E-state index contributed by atoms with van der Waals surface area (Å²) in [5.41, 5.74) is 0.564.